The molecule has 0 spiro atoms. The Bertz CT molecular complexity index is 621. The molecular weight excluding hydrogens is 444 g/mol. The minimum atomic E-state index is -2.69. The molecule has 15 heteroatoms. The number of aliphatic hydroxyl groups is 11. The van der Waals surface area contributed by atoms with Gasteiger partial charge >= 0.3 is 0 Å². The molecule has 0 saturated carbocycles. The van der Waals surface area contributed by atoms with Crippen LogP contribution >= 0.6 is 0 Å². The van der Waals surface area contributed by atoms with Gasteiger partial charge in [0, 0.05) is 0 Å². The monoisotopic (exact) mass is 474 g/mol. The zero-order valence-electron chi connectivity index (χ0n) is 16.7. The second-order valence-electron chi connectivity index (χ2n) is 8.10. The first-order valence-corrected chi connectivity index (χ1v) is 9.97. The van der Waals surface area contributed by atoms with E-state index in [1.165, 1.54) is 0 Å². The lowest BCUT2D eigenvalue weighted by atomic mass is 9.84. The van der Waals surface area contributed by atoms with E-state index >= 15 is 0 Å². The van der Waals surface area contributed by atoms with Gasteiger partial charge in [0.25, 0.3) is 0 Å². The summed E-state index contributed by atoms with van der Waals surface area (Å²) in [5.74, 6) is -2.69. The van der Waals surface area contributed by atoms with E-state index in [-0.39, 0.29) is 0 Å². The van der Waals surface area contributed by atoms with Crippen molar-refractivity contribution in [2.24, 2.45) is 0 Å². The molecule has 11 N–H and O–H groups in total. The first kappa shape index (κ1) is 26.0. The fourth-order valence-corrected chi connectivity index (χ4v) is 4.05. The SMILES string of the molecule is OCC1OC(OC2(C3OC(CO)C(O)C(O)C3O)OCC(O)C(O)C2O)C(O)C(O)C1O. The van der Waals surface area contributed by atoms with Crippen molar-refractivity contribution in [1.82, 2.24) is 0 Å². The Kier molecular flexibility index (Phi) is 8.08. The molecule has 15 nitrogen and oxygen atoms in total. The first-order valence-electron chi connectivity index (χ1n) is 9.97. The molecule has 0 radical (unpaired) electrons. The van der Waals surface area contributed by atoms with E-state index in [4.69, 9.17) is 18.9 Å². The molecule has 0 aromatic rings. The van der Waals surface area contributed by atoms with E-state index in [0.717, 1.165) is 0 Å². The predicted molar refractivity (Wildman–Crippen MR) is 95.3 cm³/mol. The Balaban J connectivity index is 1.99. The van der Waals surface area contributed by atoms with E-state index in [1.54, 1.807) is 0 Å². The van der Waals surface area contributed by atoms with Crippen LogP contribution in [-0.4, -0.2) is 161 Å². The van der Waals surface area contributed by atoms with Crippen LogP contribution in [0, 0.1) is 0 Å². The first-order chi connectivity index (χ1) is 15.0. The minimum Gasteiger partial charge on any atom is -0.394 e. The van der Waals surface area contributed by atoms with Crippen LogP contribution in [0.1, 0.15) is 0 Å². The predicted octanol–water partition coefficient (Wildman–Crippen LogP) is -7.55. The van der Waals surface area contributed by atoms with Crippen molar-refractivity contribution < 1.29 is 75.1 Å². The fraction of sp³-hybridized carbons (Fsp3) is 1.00. The van der Waals surface area contributed by atoms with Gasteiger partial charge in [0.1, 0.15) is 73.2 Å². The van der Waals surface area contributed by atoms with Gasteiger partial charge in [-0.15, -0.1) is 0 Å². The van der Waals surface area contributed by atoms with Crippen LogP contribution in [-0.2, 0) is 18.9 Å². The minimum absolute atomic E-state index is 0.704. The lowest BCUT2D eigenvalue weighted by molar-refractivity contribution is -0.446. The summed E-state index contributed by atoms with van der Waals surface area (Å²) in [5.41, 5.74) is 0. The van der Waals surface area contributed by atoms with Crippen LogP contribution in [0.5, 0.6) is 0 Å². The van der Waals surface area contributed by atoms with Gasteiger partial charge in [-0.05, 0) is 0 Å². The quantitative estimate of drug-likeness (QED) is 0.177. The molecule has 3 aliphatic rings. The van der Waals surface area contributed by atoms with Crippen molar-refractivity contribution in [1.29, 1.82) is 0 Å². The number of ether oxygens (including phenoxy) is 4. The van der Waals surface area contributed by atoms with Crippen molar-refractivity contribution in [2.45, 2.75) is 85.3 Å². The maximum absolute atomic E-state index is 10.7. The summed E-state index contributed by atoms with van der Waals surface area (Å²) >= 11 is 0. The molecule has 0 bridgehead atoms. The van der Waals surface area contributed by atoms with E-state index in [1.807, 2.05) is 0 Å². The molecule has 14 unspecified atom stereocenters. The van der Waals surface area contributed by atoms with Crippen molar-refractivity contribution in [3.05, 3.63) is 0 Å². The van der Waals surface area contributed by atoms with Crippen molar-refractivity contribution in [3.8, 4) is 0 Å². The summed E-state index contributed by atoms with van der Waals surface area (Å²) in [5, 5.41) is 111. The van der Waals surface area contributed by atoms with Crippen LogP contribution in [0.15, 0.2) is 0 Å². The van der Waals surface area contributed by atoms with Gasteiger partial charge in [-0.25, -0.2) is 0 Å². The second kappa shape index (κ2) is 9.95. The topological polar surface area (TPSA) is 259 Å². The molecule has 3 saturated heterocycles. The zero-order valence-corrected chi connectivity index (χ0v) is 16.7. The number of hydrogen-bond donors (Lipinski definition) is 11. The highest BCUT2D eigenvalue weighted by molar-refractivity contribution is 5.06. The Labute approximate surface area is 181 Å². The van der Waals surface area contributed by atoms with Crippen molar-refractivity contribution >= 4 is 0 Å². The van der Waals surface area contributed by atoms with Gasteiger partial charge in [-0.1, -0.05) is 0 Å². The molecule has 0 amide bonds. The van der Waals surface area contributed by atoms with E-state index in [0.29, 0.717) is 0 Å². The van der Waals surface area contributed by atoms with Gasteiger partial charge in [0.15, 0.2) is 6.29 Å². The molecule has 0 aromatic carbocycles. The Morgan fingerprint density at radius 1 is 0.656 bits per heavy atom. The lowest BCUT2D eigenvalue weighted by Gasteiger charge is -2.54. The highest BCUT2D eigenvalue weighted by atomic mass is 16.8. The third-order valence-electron chi connectivity index (χ3n) is 6.05. The normalized spacial score (nSPS) is 55.0. The summed E-state index contributed by atoms with van der Waals surface area (Å²) in [6, 6.07) is 0. The molecular formula is C17H30O15. The Hall–Kier alpha value is -0.600. The Morgan fingerprint density at radius 3 is 1.75 bits per heavy atom. The van der Waals surface area contributed by atoms with Gasteiger partial charge in [-0.2, -0.15) is 0 Å². The molecule has 3 rings (SSSR count). The largest absolute Gasteiger partial charge is 0.394 e. The van der Waals surface area contributed by atoms with Crippen LogP contribution in [0.2, 0.25) is 0 Å². The molecule has 0 aliphatic carbocycles. The number of hydrogen-bond acceptors (Lipinski definition) is 15. The summed E-state index contributed by atoms with van der Waals surface area (Å²) < 4.78 is 21.6. The lowest BCUT2D eigenvalue weighted by Crippen LogP contribution is -2.75. The molecule has 3 aliphatic heterocycles. The van der Waals surface area contributed by atoms with Gasteiger partial charge in [0.2, 0.25) is 5.79 Å². The van der Waals surface area contributed by atoms with Crippen molar-refractivity contribution in [2.75, 3.05) is 19.8 Å². The smallest absolute Gasteiger partial charge is 0.229 e. The summed E-state index contributed by atoms with van der Waals surface area (Å²) in [4.78, 5) is 0. The maximum atomic E-state index is 10.7. The van der Waals surface area contributed by atoms with Gasteiger partial charge in [0.05, 0.1) is 19.8 Å². The number of rotatable bonds is 5. The van der Waals surface area contributed by atoms with Gasteiger partial charge in [-0.3, -0.25) is 0 Å². The molecule has 14 atom stereocenters. The Morgan fingerprint density at radius 2 is 1.19 bits per heavy atom. The molecule has 3 heterocycles. The van der Waals surface area contributed by atoms with E-state index < -0.39 is 105 Å². The molecule has 32 heavy (non-hydrogen) atoms. The summed E-state index contributed by atoms with van der Waals surface area (Å²) in [7, 11) is 0. The average molecular weight is 474 g/mol. The second-order valence-corrected chi connectivity index (χ2v) is 8.10. The fourth-order valence-electron chi connectivity index (χ4n) is 4.05. The van der Waals surface area contributed by atoms with Crippen LogP contribution in [0.25, 0.3) is 0 Å². The van der Waals surface area contributed by atoms with E-state index in [9.17, 15) is 56.2 Å². The third kappa shape index (κ3) is 4.28. The zero-order chi connectivity index (χ0) is 24.0. The third-order valence-corrected chi connectivity index (χ3v) is 6.05. The van der Waals surface area contributed by atoms with Gasteiger partial charge < -0.3 is 75.1 Å². The summed E-state index contributed by atoms with van der Waals surface area (Å²) in [6.45, 7) is -2.37. The van der Waals surface area contributed by atoms with Crippen LogP contribution in [0.3, 0.4) is 0 Å². The van der Waals surface area contributed by atoms with E-state index in [2.05, 4.69) is 0 Å². The van der Waals surface area contributed by atoms with Crippen LogP contribution < -0.4 is 0 Å². The summed E-state index contributed by atoms with van der Waals surface area (Å²) in [6.07, 6.45) is -24.0. The molecule has 3 fully saturated rings. The van der Waals surface area contributed by atoms with Crippen molar-refractivity contribution in [3.63, 3.8) is 0 Å². The number of aliphatic hydroxyl groups excluding tert-OH is 11. The average Bonchev–Trinajstić information content (AvgIpc) is 2.78. The molecule has 188 valence electrons. The highest BCUT2D eigenvalue weighted by Gasteiger charge is 2.64. The standard InChI is InChI=1S/C17H30O15/c18-1-5-8(22)10(24)12(26)15(30-5)17(14(28)7(21)4(20)3-29-17)32-16-13(27)11(25)9(23)6(2-19)31-16/h4-16,18-28H,1-3H2. The molecule has 0 aromatic heterocycles. The van der Waals surface area contributed by atoms with Crippen LogP contribution in [0.4, 0.5) is 0 Å². The highest BCUT2D eigenvalue weighted by Crippen LogP contribution is 2.40. The maximum Gasteiger partial charge on any atom is 0.229 e.